The lowest BCUT2D eigenvalue weighted by Gasteiger charge is -2.13. The first-order valence-corrected chi connectivity index (χ1v) is 4.11. The quantitative estimate of drug-likeness (QED) is 0.706. The van der Waals surface area contributed by atoms with Crippen molar-refractivity contribution in [2.24, 2.45) is 5.73 Å². The third-order valence-corrected chi connectivity index (χ3v) is 2.13. The molecule has 4 N–H and O–H groups in total. The summed E-state index contributed by atoms with van der Waals surface area (Å²) in [4.78, 5) is 4.15. The summed E-state index contributed by atoms with van der Waals surface area (Å²) in [5.74, 6) is 1.27. The van der Waals surface area contributed by atoms with Crippen molar-refractivity contribution in [1.29, 1.82) is 0 Å². The molecule has 4 nitrogen and oxygen atoms in total. The van der Waals surface area contributed by atoms with Gasteiger partial charge < -0.3 is 16.2 Å². The molecule has 0 bridgehead atoms. The molecule has 0 saturated heterocycles. The Labute approximate surface area is 77.9 Å². The summed E-state index contributed by atoms with van der Waals surface area (Å²) in [6.07, 6.45) is 0. The highest BCUT2D eigenvalue weighted by Gasteiger charge is 2.11. The minimum atomic E-state index is 0.390. The second-order valence-electron chi connectivity index (χ2n) is 2.92. The van der Waals surface area contributed by atoms with Crippen molar-refractivity contribution in [3.05, 3.63) is 16.8 Å². The zero-order chi connectivity index (χ0) is 10.0. The predicted octanol–water partition coefficient (Wildman–Crippen LogP) is 0.748. The van der Waals surface area contributed by atoms with E-state index in [-0.39, 0.29) is 0 Å². The predicted molar refractivity (Wildman–Crippen MR) is 52.6 cm³/mol. The normalized spacial score (nSPS) is 10.2. The van der Waals surface area contributed by atoms with Crippen LogP contribution in [-0.2, 0) is 6.54 Å². The Morgan fingerprint density at radius 1 is 1.38 bits per heavy atom. The zero-order valence-electron chi connectivity index (χ0n) is 8.22. The van der Waals surface area contributed by atoms with Crippen LogP contribution in [0.5, 0.6) is 5.75 Å². The monoisotopic (exact) mass is 181 g/mol. The van der Waals surface area contributed by atoms with Gasteiger partial charge in [0, 0.05) is 17.7 Å². The topological polar surface area (TPSA) is 74.2 Å². The molecule has 1 aromatic rings. The van der Waals surface area contributed by atoms with Gasteiger partial charge in [-0.2, -0.15) is 0 Å². The van der Waals surface area contributed by atoms with Crippen LogP contribution in [0.15, 0.2) is 0 Å². The molecule has 0 aliphatic heterocycles. The number of rotatable bonds is 2. The SMILES string of the molecule is COc1c(C)nc(N)c(CN)c1C. The number of pyridine rings is 1. The van der Waals surface area contributed by atoms with Gasteiger partial charge in [0.1, 0.15) is 11.6 Å². The molecule has 0 atom stereocenters. The minimum Gasteiger partial charge on any atom is -0.495 e. The van der Waals surface area contributed by atoms with Gasteiger partial charge >= 0.3 is 0 Å². The number of anilines is 1. The van der Waals surface area contributed by atoms with Crippen molar-refractivity contribution in [2.45, 2.75) is 20.4 Å². The van der Waals surface area contributed by atoms with E-state index in [2.05, 4.69) is 4.98 Å². The third kappa shape index (κ3) is 1.58. The van der Waals surface area contributed by atoms with Gasteiger partial charge in [0.2, 0.25) is 0 Å². The highest BCUT2D eigenvalue weighted by molar-refractivity contribution is 5.52. The van der Waals surface area contributed by atoms with E-state index in [0.29, 0.717) is 12.4 Å². The smallest absolute Gasteiger partial charge is 0.143 e. The van der Waals surface area contributed by atoms with Gasteiger partial charge in [-0.25, -0.2) is 4.98 Å². The number of nitrogens with two attached hydrogens (primary N) is 2. The standard InChI is InChI=1S/C9H15N3O/c1-5-7(4-10)9(11)12-6(2)8(5)13-3/h4,10H2,1-3H3,(H2,11,12). The first-order chi connectivity index (χ1) is 6.11. The van der Waals surface area contributed by atoms with Crippen molar-refractivity contribution in [3.63, 3.8) is 0 Å². The lowest BCUT2D eigenvalue weighted by atomic mass is 10.1. The fourth-order valence-corrected chi connectivity index (χ4v) is 1.46. The van der Waals surface area contributed by atoms with Gasteiger partial charge in [0.15, 0.2) is 0 Å². The summed E-state index contributed by atoms with van der Waals surface area (Å²) in [6.45, 7) is 4.19. The average Bonchev–Trinajstić information content (AvgIpc) is 2.04. The van der Waals surface area contributed by atoms with Crippen LogP contribution >= 0.6 is 0 Å². The fourth-order valence-electron chi connectivity index (χ4n) is 1.46. The summed E-state index contributed by atoms with van der Waals surface area (Å²) in [7, 11) is 1.62. The molecule has 0 fully saturated rings. The van der Waals surface area contributed by atoms with Crippen LogP contribution in [0.2, 0.25) is 0 Å². The molecule has 0 radical (unpaired) electrons. The van der Waals surface area contributed by atoms with Crippen LogP contribution in [0.3, 0.4) is 0 Å². The molecule has 0 aliphatic rings. The zero-order valence-corrected chi connectivity index (χ0v) is 8.22. The van der Waals surface area contributed by atoms with E-state index in [1.54, 1.807) is 7.11 Å². The van der Waals surface area contributed by atoms with E-state index >= 15 is 0 Å². The van der Waals surface area contributed by atoms with Crippen LogP contribution in [0.25, 0.3) is 0 Å². The first kappa shape index (κ1) is 9.80. The number of hydrogen-bond donors (Lipinski definition) is 2. The number of ether oxygens (including phenoxy) is 1. The largest absolute Gasteiger partial charge is 0.495 e. The molecular weight excluding hydrogens is 166 g/mol. The van der Waals surface area contributed by atoms with E-state index in [0.717, 1.165) is 22.6 Å². The Balaban J connectivity index is 3.39. The molecular formula is C9H15N3O. The summed E-state index contributed by atoms with van der Waals surface area (Å²) in [5.41, 5.74) is 13.9. The maximum atomic E-state index is 5.71. The van der Waals surface area contributed by atoms with E-state index in [9.17, 15) is 0 Å². The average molecular weight is 181 g/mol. The molecule has 0 unspecified atom stereocenters. The Bertz CT molecular complexity index is 295. The van der Waals surface area contributed by atoms with E-state index in [1.807, 2.05) is 13.8 Å². The van der Waals surface area contributed by atoms with Gasteiger partial charge in [-0.05, 0) is 13.8 Å². The third-order valence-electron chi connectivity index (χ3n) is 2.13. The lowest BCUT2D eigenvalue weighted by molar-refractivity contribution is 0.405. The van der Waals surface area contributed by atoms with E-state index in [4.69, 9.17) is 16.2 Å². The molecule has 1 aromatic heterocycles. The number of aryl methyl sites for hydroxylation is 1. The van der Waals surface area contributed by atoms with Crippen LogP contribution < -0.4 is 16.2 Å². The Hall–Kier alpha value is -1.29. The minimum absolute atomic E-state index is 0.390. The van der Waals surface area contributed by atoms with Gasteiger partial charge in [-0.3, -0.25) is 0 Å². The summed E-state index contributed by atoms with van der Waals surface area (Å²) in [6, 6.07) is 0. The molecule has 72 valence electrons. The molecule has 4 heteroatoms. The van der Waals surface area contributed by atoms with E-state index < -0.39 is 0 Å². The number of methoxy groups -OCH3 is 1. The van der Waals surface area contributed by atoms with Crippen LogP contribution in [0, 0.1) is 13.8 Å². The number of aromatic nitrogens is 1. The molecule has 1 heterocycles. The fraction of sp³-hybridized carbons (Fsp3) is 0.444. The van der Waals surface area contributed by atoms with Crippen LogP contribution in [0.1, 0.15) is 16.8 Å². The van der Waals surface area contributed by atoms with Crippen molar-refractivity contribution < 1.29 is 4.74 Å². The van der Waals surface area contributed by atoms with Crippen LogP contribution in [0.4, 0.5) is 5.82 Å². The van der Waals surface area contributed by atoms with Gasteiger partial charge in [0.05, 0.1) is 12.8 Å². The molecule has 0 spiro atoms. The number of nitrogen functional groups attached to an aromatic ring is 1. The molecule has 0 saturated carbocycles. The van der Waals surface area contributed by atoms with Crippen molar-refractivity contribution >= 4 is 5.82 Å². The van der Waals surface area contributed by atoms with Crippen LogP contribution in [-0.4, -0.2) is 12.1 Å². The first-order valence-electron chi connectivity index (χ1n) is 4.11. The van der Waals surface area contributed by atoms with Gasteiger partial charge in [-0.1, -0.05) is 0 Å². The highest BCUT2D eigenvalue weighted by Crippen LogP contribution is 2.27. The highest BCUT2D eigenvalue weighted by atomic mass is 16.5. The lowest BCUT2D eigenvalue weighted by Crippen LogP contribution is -2.09. The Morgan fingerprint density at radius 2 is 2.00 bits per heavy atom. The number of hydrogen-bond acceptors (Lipinski definition) is 4. The molecule has 1 rings (SSSR count). The molecule has 0 aliphatic carbocycles. The van der Waals surface area contributed by atoms with Gasteiger partial charge in [-0.15, -0.1) is 0 Å². The van der Waals surface area contributed by atoms with Gasteiger partial charge in [0.25, 0.3) is 0 Å². The van der Waals surface area contributed by atoms with E-state index in [1.165, 1.54) is 0 Å². The second-order valence-corrected chi connectivity index (χ2v) is 2.92. The summed E-state index contributed by atoms with van der Waals surface area (Å²) >= 11 is 0. The molecule has 0 aromatic carbocycles. The van der Waals surface area contributed by atoms with Crippen molar-refractivity contribution in [3.8, 4) is 5.75 Å². The maximum absolute atomic E-state index is 5.71. The molecule has 0 amide bonds. The number of nitrogens with zero attached hydrogens (tertiary/aromatic N) is 1. The molecule has 13 heavy (non-hydrogen) atoms. The van der Waals surface area contributed by atoms with Crippen molar-refractivity contribution in [1.82, 2.24) is 4.98 Å². The Kier molecular flexibility index (Phi) is 2.72. The summed E-state index contributed by atoms with van der Waals surface area (Å²) in [5, 5.41) is 0. The maximum Gasteiger partial charge on any atom is 0.143 e. The van der Waals surface area contributed by atoms with Crippen molar-refractivity contribution in [2.75, 3.05) is 12.8 Å². The Morgan fingerprint density at radius 3 is 2.46 bits per heavy atom. The second kappa shape index (κ2) is 3.62. The summed E-state index contributed by atoms with van der Waals surface area (Å²) < 4.78 is 5.20.